The Balaban J connectivity index is 1.42. The molecule has 0 N–H and O–H groups in total. The molecule has 1 aliphatic heterocycles. The molecule has 1 heterocycles. The van der Waals surface area contributed by atoms with Gasteiger partial charge in [-0.1, -0.05) is 24.3 Å². The quantitative estimate of drug-likeness (QED) is 0.266. The van der Waals surface area contributed by atoms with E-state index in [2.05, 4.69) is 4.90 Å². The maximum Gasteiger partial charge on any atom is 0.283 e. The van der Waals surface area contributed by atoms with Crippen LogP contribution in [0.4, 0.5) is 11.4 Å². The van der Waals surface area contributed by atoms with E-state index in [4.69, 9.17) is 4.74 Å². The van der Waals surface area contributed by atoms with Crippen LogP contribution >= 0.6 is 11.8 Å². The van der Waals surface area contributed by atoms with Gasteiger partial charge in [0.1, 0.15) is 5.75 Å². The second kappa shape index (κ2) is 10.6. The highest BCUT2D eigenvalue weighted by Gasteiger charge is 2.25. The number of amides is 1. The number of piperazine rings is 1. The number of nitrogens with zero attached hydrogens (tertiary/aromatic N) is 3. The van der Waals surface area contributed by atoms with Crippen molar-refractivity contribution in [2.75, 3.05) is 38.2 Å². The number of hydrogen-bond donors (Lipinski definition) is 0. The van der Waals surface area contributed by atoms with Crippen LogP contribution < -0.4 is 9.64 Å². The molecular formula is C26H27N3O4S. The number of methoxy groups -OCH3 is 1. The molecule has 0 aromatic heterocycles. The van der Waals surface area contributed by atoms with Crippen LogP contribution in [0.2, 0.25) is 0 Å². The molecule has 1 amide bonds. The minimum atomic E-state index is -0.404. The summed E-state index contributed by atoms with van der Waals surface area (Å²) in [6, 6.07) is 20.7. The SMILES string of the molecule is COc1ccc(N2CCN(C(=O)c3ccc(SCc4ccccc4C)c([N+](=O)[O-])c3)CC2)cc1. The van der Waals surface area contributed by atoms with Gasteiger partial charge in [0.2, 0.25) is 0 Å². The zero-order valence-corrected chi connectivity index (χ0v) is 20.1. The number of thioether (sulfide) groups is 1. The first-order chi connectivity index (χ1) is 16.5. The lowest BCUT2D eigenvalue weighted by Gasteiger charge is -2.36. The summed E-state index contributed by atoms with van der Waals surface area (Å²) in [5, 5.41) is 11.7. The van der Waals surface area contributed by atoms with Crippen molar-refractivity contribution in [3.05, 3.63) is 93.5 Å². The van der Waals surface area contributed by atoms with E-state index in [1.165, 1.54) is 17.8 Å². The van der Waals surface area contributed by atoms with Crippen molar-refractivity contribution in [2.24, 2.45) is 0 Å². The second-order valence-corrected chi connectivity index (χ2v) is 9.15. The van der Waals surface area contributed by atoms with E-state index < -0.39 is 4.92 Å². The molecule has 1 saturated heterocycles. The van der Waals surface area contributed by atoms with Gasteiger partial charge in [-0.2, -0.15) is 0 Å². The summed E-state index contributed by atoms with van der Waals surface area (Å²) in [6.07, 6.45) is 0. The molecule has 0 bridgehead atoms. The zero-order valence-electron chi connectivity index (χ0n) is 19.3. The summed E-state index contributed by atoms with van der Waals surface area (Å²) in [7, 11) is 1.64. The average molecular weight is 478 g/mol. The number of anilines is 1. The molecule has 0 saturated carbocycles. The predicted molar refractivity (Wildman–Crippen MR) is 135 cm³/mol. The van der Waals surface area contributed by atoms with Crippen LogP contribution in [-0.4, -0.2) is 49.0 Å². The van der Waals surface area contributed by atoms with Crippen molar-refractivity contribution in [2.45, 2.75) is 17.6 Å². The molecule has 0 radical (unpaired) electrons. The first-order valence-electron chi connectivity index (χ1n) is 11.1. The first kappa shape index (κ1) is 23.6. The van der Waals surface area contributed by atoms with Crippen LogP contribution in [-0.2, 0) is 5.75 Å². The number of nitro benzene ring substituents is 1. The molecule has 1 aliphatic rings. The van der Waals surface area contributed by atoms with Gasteiger partial charge in [-0.3, -0.25) is 14.9 Å². The Kier molecular flexibility index (Phi) is 7.37. The number of carbonyl (C=O) groups is 1. The number of nitro groups is 1. The van der Waals surface area contributed by atoms with Crippen molar-refractivity contribution in [1.82, 2.24) is 4.90 Å². The van der Waals surface area contributed by atoms with Crippen LogP contribution in [0.25, 0.3) is 0 Å². The molecule has 0 aliphatic carbocycles. The van der Waals surface area contributed by atoms with E-state index in [9.17, 15) is 14.9 Å². The smallest absolute Gasteiger partial charge is 0.283 e. The molecule has 7 nitrogen and oxygen atoms in total. The Morgan fingerprint density at radius 3 is 2.38 bits per heavy atom. The van der Waals surface area contributed by atoms with E-state index in [-0.39, 0.29) is 11.6 Å². The minimum Gasteiger partial charge on any atom is -0.497 e. The summed E-state index contributed by atoms with van der Waals surface area (Å²) < 4.78 is 5.21. The highest BCUT2D eigenvalue weighted by atomic mass is 32.2. The van der Waals surface area contributed by atoms with Crippen LogP contribution in [0.1, 0.15) is 21.5 Å². The maximum atomic E-state index is 13.1. The lowest BCUT2D eigenvalue weighted by atomic mass is 10.1. The number of ether oxygens (including phenoxy) is 1. The van der Waals surface area contributed by atoms with E-state index in [1.54, 1.807) is 24.1 Å². The number of aryl methyl sites for hydroxylation is 1. The van der Waals surface area contributed by atoms with E-state index in [0.717, 1.165) is 22.6 Å². The van der Waals surface area contributed by atoms with Crippen molar-refractivity contribution in [1.29, 1.82) is 0 Å². The van der Waals surface area contributed by atoms with Crippen LogP contribution in [0, 0.1) is 17.0 Å². The highest BCUT2D eigenvalue weighted by molar-refractivity contribution is 7.98. The van der Waals surface area contributed by atoms with Crippen molar-refractivity contribution in [3.8, 4) is 5.75 Å². The number of hydrogen-bond acceptors (Lipinski definition) is 6. The average Bonchev–Trinajstić information content (AvgIpc) is 2.88. The Morgan fingerprint density at radius 2 is 1.74 bits per heavy atom. The third-order valence-corrected chi connectivity index (χ3v) is 7.16. The molecule has 0 spiro atoms. The van der Waals surface area contributed by atoms with Gasteiger partial charge in [0.15, 0.2) is 0 Å². The lowest BCUT2D eigenvalue weighted by Crippen LogP contribution is -2.48. The molecule has 0 atom stereocenters. The Labute approximate surface area is 203 Å². The zero-order chi connectivity index (χ0) is 24.1. The Hall–Kier alpha value is -3.52. The largest absolute Gasteiger partial charge is 0.497 e. The lowest BCUT2D eigenvalue weighted by molar-refractivity contribution is -0.387. The maximum absolute atomic E-state index is 13.1. The van der Waals surface area contributed by atoms with E-state index in [0.29, 0.717) is 42.4 Å². The number of benzene rings is 3. The fraction of sp³-hybridized carbons (Fsp3) is 0.269. The van der Waals surface area contributed by atoms with Crippen LogP contribution in [0.15, 0.2) is 71.6 Å². The number of rotatable bonds is 7. The van der Waals surface area contributed by atoms with Gasteiger partial charge in [-0.05, 0) is 54.4 Å². The molecular weight excluding hydrogens is 450 g/mol. The Bertz CT molecular complexity index is 1170. The third-order valence-electron chi connectivity index (χ3n) is 6.05. The van der Waals surface area contributed by atoms with Crippen molar-refractivity contribution >= 4 is 29.0 Å². The van der Waals surface area contributed by atoms with Gasteiger partial charge < -0.3 is 14.5 Å². The molecule has 1 fully saturated rings. The molecule has 34 heavy (non-hydrogen) atoms. The summed E-state index contributed by atoms with van der Waals surface area (Å²) in [5.41, 5.74) is 3.69. The standard InChI is InChI=1S/C26H27N3O4S/c1-19-5-3-4-6-21(19)18-34-25-12-7-20(17-24(25)29(31)32)26(30)28-15-13-27(14-16-28)22-8-10-23(33-2)11-9-22/h3-12,17H,13-16,18H2,1-2H3. The van der Waals surface area contributed by atoms with Gasteiger partial charge in [-0.15, -0.1) is 11.8 Å². The fourth-order valence-electron chi connectivity index (χ4n) is 3.99. The van der Waals surface area contributed by atoms with E-state index in [1.807, 2.05) is 55.5 Å². The van der Waals surface area contributed by atoms with E-state index >= 15 is 0 Å². The second-order valence-electron chi connectivity index (χ2n) is 8.13. The molecule has 0 unspecified atom stereocenters. The molecule has 8 heteroatoms. The summed E-state index contributed by atoms with van der Waals surface area (Å²) >= 11 is 1.42. The molecule has 3 aromatic carbocycles. The minimum absolute atomic E-state index is 0.0266. The van der Waals surface area contributed by atoms with Gasteiger partial charge in [0.25, 0.3) is 11.6 Å². The van der Waals surface area contributed by atoms with Gasteiger partial charge >= 0.3 is 0 Å². The Morgan fingerprint density at radius 1 is 1.03 bits per heavy atom. The number of carbonyl (C=O) groups excluding carboxylic acids is 1. The van der Waals surface area contributed by atoms with Crippen LogP contribution in [0.3, 0.4) is 0 Å². The van der Waals surface area contributed by atoms with Crippen molar-refractivity contribution < 1.29 is 14.5 Å². The monoisotopic (exact) mass is 477 g/mol. The first-order valence-corrected chi connectivity index (χ1v) is 12.1. The molecule has 176 valence electrons. The fourth-order valence-corrected chi connectivity index (χ4v) is 5.07. The van der Waals surface area contributed by atoms with Gasteiger partial charge in [0.05, 0.1) is 16.9 Å². The normalized spacial score (nSPS) is 13.6. The summed E-state index contributed by atoms with van der Waals surface area (Å²) in [5.74, 6) is 1.27. The molecule has 3 aromatic rings. The summed E-state index contributed by atoms with van der Waals surface area (Å²) in [6.45, 7) is 4.54. The summed E-state index contributed by atoms with van der Waals surface area (Å²) in [4.78, 5) is 29.0. The van der Waals surface area contributed by atoms with Gasteiger partial charge in [0, 0.05) is 49.2 Å². The molecule has 4 rings (SSSR count). The van der Waals surface area contributed by atoms with Crippen molar-refractivity contribution in [3.63, 3.8) is 0 Å². The van der Waals surface area contributed by atoms with Crippen LogP contribution in [0.5, 0.6) is 5.75 Å². The predicted octanol–water partition coefficient (Wildman–Crippen LogP) is 5.17. The third kappa shape index (κ3) is 5.34. The van der Waals surface area contributed by atoms with Gasteiger partial charge in [-0.25, -0.2) is 0 Å². The highest BCUT2D eigenvalue weighted by Crippen LogP contribution is 2.33. The topological polar surface area (TPSA) is 75.9 Å².